The van der Waals surface area contributed by atoms with Crippen LogP contribution in [0.5, 0.6) is 5.75 Å². The van der Waals surface area contributed by atoms with Gasteiger partial charge in [-0.1, -0.05) is 15.9 Å². The maximum atomic E-state index is 5.21. The smallest absolute Gasteiger partial charge is 0.146 e. The molecule has 0 aliphatic rings. The molecule has 1 aromatic rings. The van der Waals surface area contributed by atoms with Gasteiger partial charge >= 0.3 is 0 Å². The van der Waals surface area contributed by atoms with E-state index in [-0.39, 0.29) is 0 Å². The first-order chi connectivity index (χ1) is 5.69. The normalized spacial score (nSPS) is 10.0. The number of hydrogen-bond donors (Lipinski definition) is 0. The van der Waals surface area contributed by atoms with Crippen LogP contribution in [0.1, 0.15) is 5.56 Å². The molecule has 1 aromatic carbocycles. The third-order valence-electron chi connectivity index (χ3n) is 1.42. The highest BCUT2D eigenvalue weighted by Crippen LogP contribution is 2.32. The van der Waals surface area contributed by atoms with Crippen LogP contribution in [0.2, 0.25) is 0 Å². The second-order valence-corrected chi connectivity index (χ2v) is 4.80. The highest BCUT2D eigenvalue weighted by atomic mass is 127. The lowest BCUT2D eigenvalue weighted by atomic mass is 10.2. The quantitative estimate of drug-likeness (QED) is 0.534. The van der Waals surface area contributed by atoms with Gasteiger partial charge in [0.2, 0.25) is 0 Å². The molecule has 0 unspecified atom stereocenters. The fourth-order valence-electron chi connectivity index (χ4n) is 0.885. The van der Waals surface area contributed by atoms with Crippen molar-refractivity contribution in [2.45, 2.75) is 5.33 Å². The molecule has 66 valence electrons. The van der Waals surface area contributed by atoms with E-state index in [4.69, 9.17) is 4.74 Å². The van der Waals surface area contributed by atoms with Gasteiger partial charge in [-0.05, 0) is 56.2 Å². The summed E-state index contributed by atoms with van der Waals surface area (Å²) in [7, 11) is 1.68. The average molecular weight is 406 g/mol. The Morgan fingerprint density at radius 1 is 1.50 bits per heavy atom. The van der Waals surface area contributed by atoms with Gasteiger partial charge in [-0.15, -0.1) is 0 Å². The van der Waals surface area contributed by atoms with Gasteiger partial charge in [0.25, 0.3) is 0 Å². The van der Waals surface area contributed by atoms with E-state index in [9.17, 15) is 0 Å². The maximum absolute atomic E-state index is 5.21. The molecule has 0 fully saturated rings. The van der Waals surface area contributed by atoms with Gasteiger partial charge in [-0.25, -0.2) is 0 Å². The summed E-state index contributed by atoms with van der Waals surface area (Å²) >= 11 is 9.11. The van der Waals surface area contributed by atoms with E-state index < -0.39 is 0 Å². The Labute approximate surface area is 102 Å². The van der Waals surface area contributed by atoms with Gasteiger partial charge in [-0.3, -0.25) is 0 Å². The van der Waals surface area contributed by atoms with Crippen molar-refractivity contribution in [3.63, 3.8) is 0 Å². The van der Waals surface area contributed by atoms with Crippen LogP contribution in [0.3, 0.4) is 0 Å². The van der Waals surface area contributed by atoms with Crippen molar-refractivity contribution >= 4 is 54.5 Å². The fourth-order valence-corrected chi connectivity index (χ4v) is 3.16. The molecule has 0 saturated heterocycles. The van der Waals surface area contributed by atoms with E-state index in [2.05, 4.69) is 66.6 Å². The summed E-state index contributed by atoms with van der Waals surface area (Å²) < 4.78 is 7.34. The zero-order valence-corrected chi connectivity index (χ0v) is 11.7. The predicted molar refractivity (Wildman–Crippen MR) is 66.0 cm³/mol. The van der Waals surface area contributed by atoms with Crippen molar-refractivity contribution in [2.24, 2.45) is 0 Å². The van der Waals surface area contributed by atoms with Gasteiger partial charge in [0.05, 0.1) is 15.2 Å². The minimum Gasteiger partial charge on any atom is -0.494 e. The number of methoxy groups -OCH3 is 1. The molecule has 0 aliphatic heterocycles. The molecule has 0 atom stereocenters. The number of rotatable bonds is 2. The standard InChI is InChI=1S/C8H7Br2IO/c1-12-8-6(10)2-5(4-9)3-7(8)11/h2-3H,4H2,1H3. The molecule has 0 aliphatic carbocycles. The van der Waals surface area contributed by atoms with Crippen molar-refractivity contribution < 1.29 is 4.74 Å². The molecule has 4 heteroatoms. The van der Waals surface area contributed by atoms with Crippen LogP contribution in [-0.2, 0) is 5.33 Å². The number of halogens is 3. The van der Waals surface area contributed by atoms with Crippen LogP contribution in [0, 0.1) is 3.57 Å². The van der Waals surface area contributed by atoms with Crippen molar-refractivity contribution in [2.75, 3.05) is 7.11 Å². The number of ether oxygens (including phenoxy) is 1. The molecule has 0 spiro atoms. The molecule has 1 rings (SSSR count). The summed E-state index contributed by atoms with van der Waals surface area (Å²) in [5.41, 5.74) is 1.24. The Bertz CT molecular complexity index is 265. The summed E-state index contributed by atoms with van der Waals surface area (Å²) in [5, 5.41) is 0.867. The lowest BCUT2D eigenvalue weighted by Gasteiger charge is -2.07. The third kappa shape index (κ3) is 2.35. The second kappa shape index (κ2) is 4.81. The highest BCUT2D eigenvalue weighted by molar-refractivity contribution is 14.1. The van der Waals surface area contributed by atoms with Crippen LogP contribution >= 0.6 is 54.5 Å². The van der Waals surface area contributed by atoms with Crippen LogP contribution in [0.15, 0.2) is 16.6 Å². The lowest BCUT2D eigenvalue weighted by Crippen LogP contribution is -1.90. The van der Waals surface area contributed by atoms with E-state index >= 15 is 0 Å². The Hall–Kier alpha value is 0.710. The first-order valence-electron chi connectivity index (χ1n) is 3.27. The molecule has 1 nitrogen and oxygen atoms in total. The van der Waals surface area contributed by atoms with E-state index in [0.717, 1.165) is 19.1 Å². The fraction of sp³-hybridized carbons (Fsp3) is 0.250. The van der Waals surface area contributed by atoms with Crippen LogP contribution < -0.4 is 4.74 Å². The maximum Gasteiger partial charge on any atom is 0.146 e. The van der Waals surface area contributed by atoms with Crippen LogP contribution in [0.25, 0.3) is 0 Å². The van der Waals surface area contributed by atoms with Crippen LogP contribution in [-0.4, -0.2) is 7.11 Å². The summed E-state index contributed by atoms with van der Waals surface area (Å²) in [5.74, 6) is 0.903. The molecular formula is C8H7Br2IO. The monoisotopic (exact) mass is 404 g/mol. The molecule has 0 aromatic heterocycles. The van der Waals surface area contributed by atoms with Crippen molar-refractivity contribution in [1.82, 2.24) is 0 Å². The third-order valence-corrected chi connectivity index (χ3v) is 3.45. The SMILES string of the molecule is COc1c(Br)cc(CBr)cc1I. The second-order valence-electron chi connectivity index (χ2n) is 2.23. The topological polar surface area (TPSA) is 9.23 Å². The number of benzene rings is 1. The lowest BCUT2D eigenvalue weighted by molar-refractivity contribution is 0.409. The minimum absolute atomic E-state index is 0.867. The number of alkyl halides is 1. The van der Waals surface area contributed by atoms with Gasteiger partial charge < -0.3 is 4.74 Å². The average Bonchev–Trinajstić information content (AvgIpc) is 2.03. The minimum atomic E-state index is 0.867. The Morgan fingerprint density at radius 2 is 2.17 bits per heavy atom. The van der Waals surface area contributed by atoms with E-state index in [1.165, 1.54) is 5.56 Å². The Morgan fingerprint density at radius 3 is 2.58 bits per heavy atom. The van der Waals surface area contributed by atoms with Crippen LogP contribution in [0.4, 0.5) is 0 Å². The summed E-state index contributed by atoms with van der Waals surface area (Å²) in [6.45, 7) is 0. The Kier molecular flexibility index (Phi) is 4.32. The zero-order valence-electron chi connectivity index (χ0n) is 6.40. The molecule has 0 saturated carbocycles. The molecule has 12 heavy (non-hydrogen) atoms. The van der Waals surface area contributed by atoms with Gasteiger partial charge in [0, 0.05) is 5.33 Å². The molecular weight excluding hydrogens is 399 g/mol. The van der Waals surface area contributed by atoms with E-state index in [0.29, 0.717) is 0 Å². The molecule has 0 radical (unpaired) electrons. The zero-order chi connectivity index (χ0) is 9.14. The highest BCUT2D eigenvalue weighted by Gasteiger charge is 2.06. The van der Waals surface area contributed by atoms with E-state index in [1.54, 1.807) is 7.11 Å². The van der Waals surface area contributed by atoms with Gasteiger partial charge in [0.1, 0.15) is 5.75 Å². The first kappa shape index (κ1) is 10.8. The van der Waals surface area contributed by atoms with Crippen molar-refractivity contribution in [3.05, 3.63) is 25.7 Å². The molecule has 0 bridgehead atoms. The Balaban J connectivity index is 3.18. The summed E-state index contributed by atoms with van der Waals surface area (Å²) in [4.78, 5) is 0. The van der Waals surface area contributed by atoms with Gasteiger partial charge in [-0.2, -0.15) is 0 Å². The summed E-state index contributed by atoms with van der Waals surface area (Å²) in [6, 6.07) is 4.15. The van der Waals surface area contributed by atoms with Crippen molar-refractivity contribution in [1.29, 1.82) is 0 Å². The summed E-state index contributed by atoms with van der Waals surface area (Å²) in [6.07, 6.45) is 0. The van der Waals surface area contributed by atoms with Gasteiger partial charge in [0.15, 0.2) is 0 Å². The first-order valence-corrected chi connectivity index (χ1v) is 6.26. The van der Waals surface area contributed by atoms with Crippen molar-refractivity contribution in [3.8, 4) is 5.75 Å². The largest absolute Gasteiger partial charge is 0.494 e. The molecule has 0 N–H and O–H groups in total. The predicted octanol–water partition coefficient (Wildman–Crippen LogP) is 3.96. The van der Waals surface area contributed by atoms with E-state index in [1.807, 2.05) is 0 Å². The number of hydrogen-bond acceptors (Lipinski definition) is 1. The molecule has 0 heterocycles. The molecule has 0 amide bonds.